The summed E-state index contributed by atoms with van der Waals surface area (Å²) in [5, 5.41) is 5.35. The van der Waals surface area contributed by atoms with Crippen LogP contribution in [-0.4, -0.2) is 42.5 Å². The molecular formula is C23H24BrN3O5. The van der Waals surface area contributed by atoms with E-state index in [-0.39, 0.29) is 24.1 Å². The number of nitrogens with zero attached hydrogens (tertiary/aromatic N) is 1. The average molecular weight is 502 g/mol. The Morgan fingerprint density at radius 3 is 2.59 bits per heavy atom. The van der Waals surface area contributed by atoms with E-state index in [2.05, 4.69) is 26.6 Å². The predicted molar refractivity (Wildman–Crippen MR) is 124 cm³/mol. The summed E-state index contributed by atoms with van der Waals surface area (Å²) in [5.74, 6) is 0.0888. The molecule has 1 fully saturated rings. The van der Waals surface area contributed by atoms with Crippen molar-refractivity contribution < 1.29 is 23.9 Å². The molecule has 0 radical (unpaired) electrons. The summed E-state index contributed by atoms with van der Waals surface area (Å²) < 4.78 is 11.9. The van der Waals surface area contributed by atoms with Crippen LogP contribution in [-0.2, 0) is 9.59 Å². The Hall–Kier alpha value is -3.33. The molecule has 9 heteroatoms. The van der Waals surface area contributed by atoms with Crippen molar-refractivity contribution >= 4 is 45.5 Å². The molecule has 0 bridgehead atoms. The summed E-state index contributed by atoms with van der Waals surface area (Å²) in [6.07, 6.45) is 2.26. The zero-order chi connectivity index (χ0) is 23.1. The van der Waals surface area contributed by atoms with Crippen molar-refractivity contribution in [3.8, 4) is 11.5 Å². The van der Waals surface area contributed by atoms with Crippen LogP contribution >= 0.6 is 15.9 Å². The molecule has 0 spiro atoms. The van der Waals surface area contributed by atoms with Crippen LogP contribution in [0.4, 0.5) is 10.5 Å². The van der Waals surface area contributed by atoms with E-state index in [9.17, 15) is 14.4 Å². The predicted octanol–water partition coefficient (Wildman–Crippen LogP) is 4.17. The molecule has 1 aliphatic rings. The van der Waals surface area contributed by atoms with E-state index in [1.54, 1.807) is 30.3 Å². The van der Waals surface area contributed by atoms with E-state index in [1.807, 2.05) is 32.0 Å². The fraction of sp³-hybridized carbons (Fsp3) is 0.261. The van der Waals surface area contributed by atoms with Crippen LogP contribution in [0.1, 0.15) is 25.8 Å². The van der Waals surface area contributed by atoms with Crippen molar-refractivity contribution in [3.63, 3.8) is 0 Å². The highest BCUT2D eigenvalue weighted by molar-refractivity contribution is 9.10. The first-order valence-electron chi connectivity index (χ1n) is 10.2. The van der Waals surface area contributed by atoms with Crippen LogP contribution in [0.5, 0.6) is 11.5 Å². The lowest BCUT2D eigenvalue weighted by atomic mass is 10.1. The molecule has 4 amide bonds. The van der Waals surface area contributed by atoms with E-state index >= 15 is 0 Å². The van der Waals surface area contributed by atoms with Gasteiger partial charge in [-0.3, -0.25) is 14.5 Å². The van der Waals surface area contributed by atoms with Gasteiger partial charge in [-0.05, 0) is 65.2 Å². The number of rotatable bonds is 9. The first kappa shape index (κ1) is 23.3. The molecule has 2 aromatic carbocycles. The van der Waals surface area contributed by atoms with Crippen LogP contribution in [0.15, 0.2) is 52.6 Å². The van der Waals surface area contributed by atoms with Gasteiger partial charge < -0.3 is 20.1 Å². The van der Waals surface area contributed by atoms with Gasteiger partial charge in [0, 0.05) is 12.2 Å². The Balaban J connectivity index is 1.77. The number of benzene rings is 2. The molecule has 0 aliphatic carbocycles. The number of para-hydroxylation sites is 1. The first-order valence-corrected chi connectivity index (χ1v) is 11.0. The third-order valence-electron chi connectivity index (χ3n) is 4.46. The molecule has 3 rings (SSSR count). The van der Waals surface area contributed by atoms with Gasteiger partial charge in [-0.25, -0.2) is 4.79 Å². The highest BCUT2D eigenvalue weighted by Gasteiger charge is 2.32. The molecule has 2 N–H and O–H groups in total. The van der Waals surface area contributed by atoms with Crippen molar-refractivity contribution in [1.82, 2.24) is 10.2 Å². The van der Waals surface area contributed by atoms with Crippen LogP contribution in [0, 0.1) is 0 Å². The van der Waals surface area contributed by atoms with Gasteiger partial charge in [-0.1, -0.05) is 25.1 Å². The monoisotopic (exact) mass is 501 g/mol. The molecule has 2 aromatic rings. The number of amides is 4. The standard InChI is InChI=1S/C23H24BrN3O5/c1-3-10-27-22(29)18(26-23(27)30)12-15-11-17(24)21(19(13-15)31-4-2)32-14-20(28)25-16-8-6-5-7-9-16/h5-9,11-13H,3-4,10,14H2,1-2H3,(H,25,28)(H,26,30)/b18-12+. The Morgan fingerprint density at radius 2 is 1.91 bits per heavy atom. The normalized spacial score (nSPS) is 14.5. The first-order chi connectivity index (χ1) is 15.4. The highest BCUT2D eigenvalue weighted by atomic mass is 79.9. The minimum absolute atomic E-state index is 0.189. The van der Waals surface area contributed by atoms with E-state index in [4.69, 9.17) is 9.47 Å². The summed E-state index contributed by atoms with van der Waals surface area (Å²) in [6, 6.07) is 12.1. The fourth-order valence-corrected chi connectivity index (χ4v) is 3.67. The Labute approximate surface area is 194 Å². The molecule has 1 aliphatic heterocycles. The second-order valence-corrected chi connectivity index (χ2v) is 7.77. The molecular weight excluding hydrogens is 478 g/mol. The summed E-state index contributed by atoms with van der Waals surface area (Å²) in [7, 11) is 0. The van der Waals surface area contributed by atoms with E-state index < -0.39 is 6.03 Å². The molecule has 32 heavy (non-hydrogen) atoms. The Bertz CT molecular complexity index is 1040. The number of carbonyl (C=O) groups excluding carboxylic acids is 3. The molecule has 0 atom stereocenters. The number of imide groups is 1. The number of carbonyl (C=O) groups is 3. The van der Waals surface area contributed by atoms with Crippen molar-refractivity contribution in [2.75, 3.05) is 25.1 Å². The third kappa shape index (κ3) is 5.67. The van der Waals surface area contributed by atoms with Crippen molar-refractivity contribution in [2.45, 2.75) is 20.3 Å². The van der Waals surface area contributed by atoms with Gasteiger partial charge in [-0.2, -0.15) is 0 Å². The summed E-state index contributed by atoms with van der Waals surface area (Å²) in [6.45, 7) is 4.24. The smallest absolute Gasteiger partial charge is 0.329 e. The topological polar surface area (TPSA) is 97.0 Å². The molecule has 168 valence electrons. The van der Waals surface area contributed by atoms with E-state index in [0.717, 1.165) is 0 Å². The zero-order valence-corrected chi connectivity index (χ0v) is 19.4. The minimum atomic E-state index is -0.434. The van der Waals surface area contributed by atoms with Crippen LogP contribution in [0.2, 0.25) is 0 Å². The second-order valence-electron chi connectivity index (χ2n) is 6.91. The van der Waals surface area contributed by atoms with Crippen molar-refractivity contribution in [2.24, 2.45) is 0 Å². The maximum atomic E-state index is 12.5. The fourth-order valence-electron chi connectivity index (χ4n) is 3.10. The lowest BCUT2D eigenvalue weighted by molar-refractivity contribution is -0.123. The number of anilines is 1. The summed E-state index contributed by atoms with van der Waals surface area (Å²) >= 11 is 3.45. The van der Waals surface area contributed by atoms with Crippen LogP contribution < -0.4 is 20.1 Å². The zero-order valence-electron chi connectivity index (χ0n) is 17.8. The maximum absolute atomic E-state index is 12.5. The molecule has 0 aromatic heterocycles. The van der Waals surface area contributed by atoms with Crippen molar-refractivity contribution in [1.29, 1.82) is 0 Å². The quantitative estimate of drug-likeness (QED) is 0.397. The Kier molecular flexibility index (Phi) is 7.88. The molecule has 1 heterocycles. The molecule has 8 nitrogen and oxygen atoms in total. The van der Waals surface area contributed by atoms with E-state index in [1.165, 1.54) is 4.90 Å². The third-order valence-corrected chi connectivity index (χ3v) is 5.05. The molecule has 0 saturated carbocycles. The van der Waals surface area contributed by atoms with Gasteiger partial charge in [0.2, 0.25) is 0 Å². The van der Waals surface area contributed by atoms with Gasteiger partial charge in [0.1, 0.15) is 5.70 Å². The van der Waals surface area contributed by atoms with Crippen LogP contribution in [0.3, 0.4) is 0 Å². The largest absolute Gasteiger partial charge is 0.490 e. The second kappa shape index (κ2) is 10.8. The number of halogens is 1. The van der Waals surface area contributed by atoms with Gasteiger partial charge in [0.05, 0.1) is 11.1 Å². The van der Waals surface area contributed by atoms with Gasteiger partial charge in [0.25, 0.3) is 11.8 Å². The number of urea groups is 1. The number of hydrogen-bond donors (Lipinski definition) is 2. The lowest BCUT2D eigenvalue weighted by Gasteiger charge is -2.15. The van der Waals surface area contributed by atoms with Gasteiger partial charge in [-0.15, -0.1) is 0 Å². The van der Waals surface area contributed by atoms with Crippen molar-refractivity contribution in [3.05, 3.63) is 58.2 Å². The molecule has 0 unspecified atom stereocenters. The summed E-state index contributed by atoms with van der Waals surface area (Å²) in [4.78, 5) is 37.9. The van der Waals surface area contributed by atoms with Gasteiger partial charge in [0.15, 0.2) is 18.1 Å². The minimum Gasteiger partial charge on any atom is -0.490 e. The number of nitrogens with one attached hydrogen (secondary N) is 2. The van der Waals surface area contributed by atoms with Crippen LogP contribution in [0.25, 0.3) is 6.08 Å². The summed E-state index contributed by atoms with van der Waals surface area (Å²) in [5.41, 5.74) is 1.49. The number of ether oxygens (including phenoxy) is 2. The highest BCUT2D eigenvalue weighted by Crippen LogP contribution is 2.37. The van der Waals surface area contributed by atoms with Gasteiger partial charge >= 0.3 is 6.03 Å². The molecule has 1 saturated heterocycles. The van der Waals surface area contributed by atoms with E-state index in [0.29, 0.717) is 46.8 Å². The Morgan fingerprint density at radius 1 is 1.16 bits per heavy atom. The maximum Gasteiger partial charge on any atom is 0.329 e. The SMILES string of the molecule is CCCN1C(=O)N/C(=C/c2cc(Br)c(OCC(=O)Nc3ccccc3)c(OCC)c2)C1=O. The lowest BCUT2D eigenvalue weighted by Crippen LogP contribution is -2.31. The average Bonchev–Trinajstić information content (AvgIpc) is 3.02. The number of hydrogen-bond acceptors (Lipinski definition) is 5.